The summed E-state index contributed by atoms with van der Waals surface area (Å²) in [5.41, 5.74) is 14.1. The van der Waals surface area contributed by atoms with Crippen molar-refractivity contribution in [3.8, 4) is 0 Å². The molecule has 6 rings (SSSR count). The van der Waals surface area contributed by atoms with Gasteiger partial charge in [0.2, 0.25) is 0 Å². The van der Waals surface area contributed by atoms with Crippen LogP contribution < -0.4 is 44.7 Å². The number of carbonyl (C=O) groups is 4. The van der Waals surface area contributed by atoms with Crippen LogP contribution in [0.15, 0.2) is 127 Å². The summed E-state index contributed by atoms with van der Waals surface area (Å²) in [6.45, 7) is 11.4. The van der Waals surface area contributed by atoms with E-state index in [0.29, 0.717) is 17.1 Å². The minimum atomic E-state index is -3.46. The van der Waals surface area contributed by atoms with Gasteiger partial charge in [-0.3, -0.25) is 0 Å². The van der Waals surface area contributed by atoms with E-state index in [0.717, 1.165) is 55.9 Å². The summed E-state index contributed by atoms with van der Waals surface area (Å²) in [7, 11) is 0. The van der Waals surface area contributed by atoms with Crippen LogP contribution in [0.3, 0.4) is 0 Å². The number of aliphatic hydroxyl groups is 1. The number of quaternary nitrogens is 1. The van der Waals surface area contributed by atoms with Gasteiger partial charge >= 0.3 is 29.9 Å². The lowest BCUT2D eigenvalue weighted by molar-refractivity contribution is -0.408. The fraction of sp³-hybridized carbons (Fsp3) is 0.359. The number of aliphatic hydroxyl groups excluding tert-OH is 1. The summed E-state index contributed by atoms with van der Waals surface area (Å²) in [5, 5.41) is 21.6. The summed E-state index contributed by atoms with van der Waals surface area (Å²) in [6, 6.07) is 37.1. The second kappa shape index (κ2) is 37.4. The number of para-hydroxylation sites is 3. The lowest BCUT2D eigenvalue weighted by Crippen LogP contribution is -3.00. The maximum Gasteiger partial charge on any atom is 0.407 e. The zero-order chi connectivity index (χ0) is 66.0. The van der Waals surface area contributed by atoms with E-state index in [4.69, 9.17) is 24.1 Å². The molecule has 0 aliphatic heterocycles. The molecule has 0 unspecified atom stereocenters. The molecule has 0 spiro atoms. The molecule has 0 heterocycles. The van der Waals surface area contributed by atoms with Gasteiger partial charge in [0.1, 0.15) is 18.8 Å². The monoisotopic (exact) mass is 1330 g/mol. The predicted octanol–water partition coefficient (Wildman–Crippen LogP) is 11.5. The number of ether oxygens (including phenoxy) is 4. The Morgan fingerprint density at radius 2 is 0.822 bits per heavy atom. The second-order valence-corrected chi connectivity index (χ2v) is 21.3. The van der Waals surface area contributed by atoms with Crippen LogP contribution in [0.25, 0.3) is 0 Å². The standard InChI is InChI=1S/C23H28F2N2O4.C19H20F2N2O2S.C18H20F2N2O2.C4H8F2O.2ClH.H2/c1-15-9-8-12-18(16(15)2)27-19-11-7-6-10-17(19)20(28)30-14-23(24,25)13-26-21(29)31-22(3,4)5;1-13-6-5-9-16(14(13)2)23-17-8-4-3-7-15(17)18(24)25-11-19(20,21)10-22-12-26;1-12-6-5-9-15(13(12)2)22-16-8-4-3-7-14(16)17(23)24-11-18(19,20)10-21;1-2-4(5,6)3-7;;;/h6-12,27H,13-14H2,1-5H3,(H,26,29);3-9,12,23H,10-11H2,1-2H3,(H,22,26);3-9,22H,10-11,21H2,1-2H3;7H,2-3H2,1H3;3*1H. The highest BCUT2D eigenvalue weighted by Gasteiger charge is 2.35. The molecule has 15 nitrogen and oxygen atoms in total. The zero-order valence-electron chi connectivity index (χ0n) is 51.5. The van der Waals surface area contributed by atoms with Gasteiger partial charge in [0, 0.05) is 24.9 Å². The number of hydrogen-bond acceptors (Lipinski definition) is 13. The van der Waals surface area contributed by atoms with Crippen molar-refractivity contribution in [1.82, 2.24) is 10.6 Å². The van der Waals surface area contributed by atoms with Gasteiger partial charge in [-0.05, 0) is 150 Å². The predicted molar refractivity (Wildman–Crippen MR) is 338 cm³/mol. The molecule has 0 aliphatic carbocycles. The quantitative estimate of drug-likeness (QED) is 0.0138. The number of anilines is 6. The Balaban J connectivity index is 0.00000125. The summed E-state index contributed by atoms with van der Waals surface area (Å²) in [5.74, 6) is -15.2. The van der Waals surface area contributed by atoms with E-state index in [1.807, 2.05) is 101 Å². The van der Waals surface area contributed by atoms with Crippen molar-refractivity contribution in [1.29, 1.82) is 0 Å². The third-order valence-corrected chi connectivity index (χ3v) is 12.9. The molecular formula is C64H80Cl2F8N6O9S. The molecule has 0 aromatic heterocycles. The van der Waals surface area contributed by atoms with Crippen LogP contribution in [0.2, 0.25) is 0 Å². The van der Waals surface area contributed by atoms with E-state index in [9.17, 15) is 54.3 Å². The number of amides is 1. The minimum Gasteiger partial charge on any atom is -1.00 e. The van der Waals surface area contributed by atoms with Crippen LogP contribution in [-0.4, -0.2) is 110 Å². The Labute approximate surface area is 538 Å². The number of aryl methyl sites for hydroxylation is 3. The van der Waals surface area contributed by atoms with Gasteiger partial charge in [-0.25, -0.2) is 45.5 Å². The molecular weight excluding hydrogens is 1250 g/mol. The lowest BCUT2D eigenvalue weighted by Gasteiger charge is -2.22. The number of hydrogen-bond donors (Lipinski definition) is 7. The van der Waals surface area contributed by atoms with Crippen molar-refractivity contribution in [2.45, 2.75) is 105 Å². The van der Waals surface area contributed by atoms with E-state index in [-0.39, 0.29) is 49.4 Å². The van der Waals surface area contributed by atoms with Crippen molar-refractivity contribution in [2.75, 3.05) is 62.0 Å². The molecule has 0 fully saturated rings. The van der Waals surface area contributed by atoms with Crippen LogP contribution in [0.5, 0.6) is 0 Å². The summed E-state index contributed by atoms with van der Waals surface area (Å²) in [6.07, 6.45) is -1.26. The van der Waals surface area contributed by atoms with Crippen LogP contribution in [0, 0.1) is 41.5 Å². The SMILES string of the molecule is CCC(F)(F)CO.Cc1cccc(Nc2ccccc2C(=O)OCC(F)(F)CNC(=O)OC(C)(C)C)c1C.Cc1cccc(Nc2ccccc2C(=O)OCC(F)(F)CNC=S)c1C.Cc1cccc(Nc2ccccc2C(=O)OCC(F)(F)C[NH3+])c1C.Cl.[Cl-].[HH]. The molecule has 6 aromatic carbocycles. The summed E-state index contributed by atoms with van der Waals surface area (Å²) >= 11 is 4.45. The van der Waals surface area contributed by atoms with E-state index < -0.39 is 99.4 Å². The highest BCUT2D eigenvalue weighted by Crippen LogP contribution is 2.30. The minimum absolute atomic E-state index is 0. The van der Waals surface area contributed by atoms with Gasteiger partial charge in [-0.2, -0.15) is 8.78 Å². The first-order chi connectivity index (χ1) is 41.2. The third-order valence-electron chi connectivity index (χ3n) is 12.8. The van der Waals surface area contributed by atoms with Gasteiger partial charge < -0.3 is 68.8 Å². The number of benzene rings is 6. The second-order valence-electron chi connectivity index (χ2n) is 21.0. The Morgan fingerprint density at radius 3 is 1.11 bits per heavy atom. The van der Waals surface area contributed by atoms with Crippen molar-refractivity contribution in [2.24, 2.45) is 0 Å². The smallest absolute Gasteiger partial charge is 0.407 e. The number of rotatable bonds is 23. The highest BCUT2D eigenvalue weighted by atomic mass is 35.5. The van der Waals surface area contributed by atoms with Crippen LogP contribution >= 0.6 is 24.6 Å². The molecule has 1 amide bonds. The number of esters is 3. The molecule has 496 valence electrons. The molecule has 0 radical (unpaired) electrons. The Hall–Kier alpha value is -7.77. The molecule has 9 N–H and O–H groups in total. The number of nitrogens with one attached hydrogen (secondary N) is 5. The number of halogens is 10. The van der Waals surface area contributed by atoms with E-state index in [1.54, 1.807) is 75.4 Å². The number of alkyl carbamates (subject to hydrolysis) is 1. The number of carbonyl (C=O) groups excluding carboxylic acids is 4. The molecule has 26 heteroatoms. The maximum atomic E-state index is 14.1. The molecule has 0 saturated heterocycles. The van der Waals surface area contributed by atoms with Gasteiger partial charge in [0.15, 0.2) is 19.8 Å². The number of alkyl halides is 8. The van der Waals surface area contributed by atoms with Gasteiger partial charge in [-0.1, -0.05) is 91.9 Å². The normalized spacial score (nSPS) is 11.1. The molecule has 0 aliphatic rings. The Morgan fingerprint density at radius 1 is 0.511 bits per heavy atom. The third kappa shape index (κ3) is 28.0. The van der Waals surface area contributed by atoms with Crippen molar-refractivity contribution in [3.63, 3.8) is 0 Å². The van der Waals surface area contributed by atoms with Gasteiger partial charge in [0.05, 0.1) is 52.3 Å². The first-order valence-electron chi connectivity index (χ1n) is 27.5. The average molecular weight is 1330 g/mol. The molecule has 6 aromatic rings. The Bertz CT molecular complexity index is 3290. The van der Waals surface area contributed by atoms with E-state index >= 15 is 0 Å². The summed E-state index contributed by atoms with van der Waals surface area (Å²) < 4.78 is 124. The van der Waals surface area contributed by atoms with Crippen molar-refractivity contribution in [3.05, 3.63) is 177 Å². The molecule has 0 saturated carbocycles. The summed E-state index contributed by atoms with van der Waals surface area (Å²) in [4.78, 5) is 48.5. The number of thiocarbonyl (C=S) groups is 1. The first-order valence-corrected chi connectivity index (χ1v) is 28.0. The maximum absolute atomic E-state index is 14.1. The zero-order valence-corrected chi connectivity index (χ0v) is 53.9. The van der Waals surface area contributed by atoms with Crippen LogP contribution in [0.4, 0.5) is 74.0 Å². The molecule has 90 heavy (non-hydrogen) atoms. The fourth-order valence-corrected chi connectivity index (χ4v) is 7.23. The van der Waals surface area contributed by atoms with Gasteiger partial charge in [0.25, 0.3) is 17.8 Å². The fourth-order valence-electron chi connectivity index (χ4n) is 7.14. The van der Waals surface area contributed by atoms with Crippen molar-refractivity contribution < 1.29 is 97.9 Å². The van der Waals surface area contributed by atoms with E-state index in [2.05, 4.69) is 39.2 Å². The lowest BCUT2D eigenvalue weighted by atomic mass is 10.1. The van der Waals surface area contributed by atoms with Gasteiger partial charge in [-0.15, -0.1) is 12.4 Å². The highest BCUT2D eigenvalue weighted by molar-refractivity contribution is 7.78. The van der Waals surface area contributed by atoms with E-state index in [1.165, 1.54) is 25.1 Å². The van der Waals surface area contributed by atoms with Crippen molar-refractivity contribution >= 4 is 88.2 Å². The largest absolute Gasteiger partial charge is 1.00 e. The van der Waals surface area contributed by atoms with Crippen LogP contribution in [-0.2, 0) is 18.9 Å². The molecule has 0 bridgehead atoms. The first kappa shape index (κ1) is 80.2. The topological polar surface area (TPSA) is 213 Å². The Kier molecular flexibility index (Phi) is 33.3. The average Bonchev–Trinajstić information content (AvgIpc) is 0.955. The molecule has 0 atom stereocenters. The van der Waals surface area contributed by atoms with Crippen LogP contribution in [0.1, 0.15) is 100.0 Å².